The summed E-state index contributed by atoms with van der Waals surface area (Å²) >= 11 is 7.25. The van der Waals surface area contributed by atoms with E-state index in [1.165, 1.54) is 21.9 Å². The van der Waals surface area contributed by atoms with Crippen LogP contribution in [0.5, 0.6) is 0 Å². The summed E-state index contributed by atoms with van der Waals surface area (Å²) in [4.78, 5) is 30.1. The Bertz CT molecular complexity index is 901. The number of carbonyl (C=O) groups is 1. The number of anilines is 1. The molecular formula is C14H10ClN3O2S. The van der Waals surface area contributed by atoms with Crippen LogP contribution >= 0.6 is 22.9 Å². The number of aryl methyl sites for hydroxylation is 1. The topological polar surface area (TPSA) is 63.5 Å². The van der Waals surface area contributed by atoms with E-state index in [4.69, 9.17) is 11.6 Å². The van der Waals surface area contributed by atoms with E-state index in [2.05, 4.69) is 10.3 Å². The average Bonchev–Trinajstić information content (AvgIpc) is 2.80. The maximum atomic E-state index is 12.3. The molecule has 0 aliphatic carbocycles. The Hall–Kier alpha value is -2.18. The maximum Gasteiger partial charge on any atom is 0.271 e. The van der Waals surface area contributed by atoms with E-state index in [9.17, 15) is 9.59 Å². The molecule has 0 atom stereocenters. The van der Waals surface area contributed by atoms with Gasteiger partial charge in [-0.1, -0.05) is 17.7 Å². The van der Waals surface area contributed by atoms with Crippen molar-refractivity contribution in [1.29, 1.82) is 0 Å². The second kappa shape index (κ2) is 5.31. The summed E-state index contributed by atoms with van der Waals surface area (Å²) in [5.74, 6) is -0.506. The predicted molar refractivity (Wildman–Crippen MR) is 83.5 cm³/mol. The van der Waals surface area contributed by atoms with Crippen LogP contribution in [0.3, 0.4) is 0 Å². The van der Waals surface area contributed by atoms with Gasteiger partial charge in [-0.15, -0.1) is 11.3 Å². The first-order valence-electron chi connectivity index (χ1n) is 6.09. The van der Waals surface area contributed by atoms with Crippen molar-refractivity contribution >= 4 is 39.5 Å². The highest BCUT2D eigenvalue weighted by atomic mass is 35.5. The lowest BCUT2D eigenvalue weighted by atomic mass is 10.2. The summed E-state index contributed by atoms with van der Waals surface area (Å²) in [6.45, 7) is 1.88. The van der Waals surface area contributed by atoms with E-state index < -0.39 is 5.91 Å². The Labute approximate surface area is 128 Å². The molecule has 0 saturated carbocycles. The third-order valence-corrected chi connectivity index (χ3v) is 4.00. The molecule has 0 spiro atoms. The number of halogens is 1. The van der Waals surface area contributed by atoms with Crippen LogP contribution in [0.15, 0.2) is 41.5 Å². The lowest BCUT2D eigenvalue weighted by Crippen LogP contribution is -2.25. The summed E-state index contributed by atoms with van der Waals surface area (Å²) < 4.78 is 1.38. The van der Waals surface area contributed by atoms with Crippen molar-refractivity contribution in [2.75, 3.05) is 5.32 Å². The summed E-state index contributed by atoms with van der Waals surface area (Å²) in [6.07, 6.45) is 2.97. The largest absolute Gasteiger partial charge is 0.322 e. The van der Waals surface area contributed by atoms with Crippen LogP contribution in [0.2, 0.25) is 5.02 Å². The fourth-order valence-electron chi connectivity index (χ4n) is 1.92. The zero-order valence-corrected chi connectivity index (χ0v) is 12.5. The number of carbonyl (C=O) groups excluding carboxylic acids is 1. The molecule has 1 aromatic carbocycles. The van der Waals surface area contributed by atoms with E-state index in [1.807, 2.05) is 6.92 Å². The van der Waals surface area contributed by atoms with Crippen LogP contribution in [0.1, 0.15) is 15.2 Å². The maximum absolute atomic E-state index is 12.3. The van der Waals surface area contributed by atoms with Gasteiger partial charge < -0.3 is 5.32 Å². The third-order valence-electron chi connectivity index (χ3n) is 2.85. The van der Waals surface area contributed by atoms with Crippen LogP contribution in [0.4, 0.5) is 5.69 Å². The van der Waals surface area contributed by atoms with Crippen LogP contribution in [-0.4, -0.2) is 15.3 Å². The van der Waals surface area contributed by atoms with Crippen LogP contribution in [0, 0.1) is 6.92 Å². The molecule has 0 radical (unpaired) electrons. The molecule has 0 unspecified atom stereocenters. The van der Waals surface area contributed by atoms with Gasteiger partial charge in [0.15, 0.2) is 4.96 Å². The highest BCUT2D eigenvalue weighted by molar-refractivity contribution is 7.16. The number of aromatic nitrogens is 2. The summed E-state index contributed by atoms with van der Waals surface area (Å²) in [6, 6.07) is 6.72. The number of amides is 1. The number of hydrogen-bond acceptors (Lipinski definition) is 4. The van der Waals surface area contributed by atoms with Crippen LogP contribution < -0.4 is 10.9 Å². The van der Waals surface area contributed by atoms with E-state index in [0.29, 0.717) is 15.7 Å². The van der Waals surface area contributed by atoms with Gasteiger partial charge in [-0.3, -0.25) is 14.0 Å². The van der Waals surface area contributed by atoms with E-state index >= 15 is 0 Å². The molecule has 2 aromatic heterocycles. The molecule has 1 amide bonds. The zero-order chi connectivity index (χ0) is 15.0. The molecule has 0 bridgehead atoms. The normalized spacial score (nSPS) is 10.8. The third kappa shape index (κ3) is 2.68. The van der Waals surface area contributed by atoms with E-state index in [1.54, 1.807) is 30.5 Å². The van der Waals surface area contributed by atoms with Crippen molar-refractivity contribution in [3.8, 4) is 0 Å². The van der Waals surface area contributed by atoms with Gasteiger partial charge in [-0.25, -0.2) is 4.98 Å². The van der Waals surface area contributed by atoms with Gasteiger partial charge in [-0.05, 0) is 25.1 Å². The number of rotatable bonds is 2. The summed E-state index contributed by atoms with van der Waals surface area (Å²) in [7, 11) is 0. The molecule has 1 N–H and O–H groups in total. The smallest absolute Gasteiger partial charge is 0.271 e. The van der Waals surface area contributed by atoms with Crippen molar-refractivity contribution in [2.24, 2.45) is 0 Å². The molecule has 7 heteroatoms. The molecule has 2 heterocycles. The molecule has 3 aromatic rings. The molecule has 0 fully saturated rings. The Morgan fingerprint density at radius 2 is 2.24 bits per heavy atom. The van der Waals surface area contributed by atoms with Gasteiger partial charge in [0, 0.05) is 28.0 Å². The first-order chi connectivity index (χ1) is 10.0. The zero-order valence-electron chi connectivity index (χ0n) is 11.0. The lowest BCUT2D eigenvalue weighted by molar-refractivity contribution is 0.102. The highest BCUT2D eigenvalue weighted by Crippen LogP contribution is 2.16. The molecule has 0 aliphatic heterocycles. The Morgan fingerprint density at radius 1 is 1.43 bits per heavy atom. The summed E-state index contributed by atoms with van der Waals surface area (Å²) in [5.41, 5.74) is 0.132. The predicted octanol–water partition coefficient (Wildman–Crippen LogP) is 2.97. The minimum atomic E-state index is -0.506. The number of nitrogens with one attached hydrogen (secondary N) is 1. The van der Waals surface area contributed by atoms with Gasteiger partial charge in [0.05, 0.1) is 0 Å². The molecule has 0 aliphatic rings. The quantitative estimate of drug-likeness (QED) is 0.790. The van der Waals surface area contributed by atoms with Crippen LogP contribution in [0.25, 0.3) is 4.96 Å². The van der Waals surface area contributed by atoms with Gasteiger partial charge >= 0.3 is 0 Å². The van der Waals surface area contributed by atoms with E-state index in [-0.39, 0.29) is 11.1 Å². The number of fused-ring (bicyclic) bond motifs is 1. The first kappa shape index (κ1) is 13.8. The Morgan fingerprint density at radius 3 is 3.00 bits per heavy atom. The minimum absolute atomic E-state index is 0.00900. The van der Waals surface area contributed by atoms with Gasteiger partial charge in [0.25, 0.3) is 11.5 Å². The summed E-state index contributed by atoms with van der Waals surface area (Å²) in [5, 5.41) is 3.14. The Balaban J connectivity index is 1.98. The first-order valence-corrected chi connectivity index (χ1v) is 7.29. The van der Waals surface area contributed by atoms with Gasteiger partial charge in [0.2, 0.25) is 0 Å². The van der Waals surface area contributed by atoms with Crippen molar-refractivity contribution in [2.45, 2.75) is 6.92 Å². The second-order valence-electron chi connectivity index (χ2n) is 4.44. The minimum Gasteiger partial charge on any atom is -0.322 e. The van der Waals surface area contributed by atoms with E-state index in [0.717, 1.165) is 4.88 Å². The molecule has 3 rings (SSSR count). The molecule has 21 heavy (non-hydrogen) atoms. The number of hydrogen-bond donors (Lipinski definition) is 1. The Kier molecular flexibility index (Phi) is 3.48. The van der Waals surface area contributed by atoms with Crippen molar-refractivity contribution in [3.63, 3.8) is 0 Å². The standard InChI is InChI=1S/C14H10ClN3O2S/c1-8-7-18-13(20)11(6-16-14(18)21-8)12(19)17-10-4-2-3-9(15)5-10/h2-7H,1H3,(H,17,19). The monoisotopic (exact) mass is 319 g/mol. The fourth-order valence-corrected chi connectivity index (χ4v) is 2.89. The lowest BCUT2D eigenvalue weighted by Gasteiger charge is -2.05. The molecular weight excluding hydrogens is 310 g/mol. The van der Waals surface area contributed by atoms with Crippen molar-refractivity contribution in [1.82, 2.24) is 9.38 Å². The van der Waals surface area contributed by atoms with Crippen LogP contribution in [-0.2, 0) is 0 Å². The van der Waals surface area contributed by atoms with Crippen molar-refractivity contribution in [3.05, 3.63) is 62.5 Å². The van der Waals surface area contributed by atoms with Crippen molar-refractivity contribution < 1.29 is 4.79 Å². The second-order valence-corrected chi connectivity index (χ2v) is 6.09. The highest BCUT2D eigenvalue weighted by Gasteiger charge is 2.14. The molecule has 0 saturated heterocycles. The average molecular weight is 320 g/mol. The number of benzene rings is 1. The fraction of sp³-hybridized carbons (Fsp3) is 0.0714. The number of thiazole rings is 1. The number of nitrogens with zero attached hydrogens (tertiary/aromatic N) is 2. The molecule has 5 nitrogen and oxygen atoms in total. The van der Waals surface area contributed by atoms with Gasteiger partial charge in [-0.2, -0.15) is 0 Å². The van der Waals surface area contributed by atoms with Gasteiger partial charge in [0.1, 0.15) is 5.56 Å². The molecule has 106 valence electrons. The SMILES string of the molecule is Cc1cn2c(=O)c(C(=O)Nc3cccc(Cl)c3)cnc2s1.